The fourth-order valence-corrected chi connectivity index (χ4v) is 4.73. The molecule has 2 N–H and O–H groups in total. The summed E-state index contributed by atoms with van der Waals surface area (Å²) in [4.78, 5) is 12.0. The Morgan fingerprint density at radius 1 is 0.970 bits per heavy atom. The molecular weight excluding hydrogens is 447 g/mol. The van der Waals surface area contributed by atoms with Gasteiger partial charge in [-0.1, -0.05) is 30.3 Å². The van der Waals surface area contributed by atoms with Crippen LogP contribution < -0.4 is 20.1 Å². The minimum Gasteiger partial charge on any atom is -0.493 e. The summed E-state index contributed by atoms with van der Waals surface area (Å²) >= 11 is 0. The molecule has 1 unspecified atom stereocenters. The van der Waals surface area contributed by atoms with Gasteiger partial charge in [0, 0.05) is 6.07 Å². The van der Waals surface area contributed by atoms with Gasteiger partial charge >= 0.3 is 0 Å². The Morgan fingerprint density at radius 2 is 1.67 bits per heavy atom. The van der Waals surface area contributed by atoms with Crippen LogP contribution in [0.3, 0.4) is 0 Å². The van der Waals surface area contributed by atoms with Crippen molar-refractivity contribution in [3.05, 3.63) is 78.1 Å². The van der Waals surface area contributed by atoms with Crippen LogP contribution in [0.15, 0.2) is 76.5 Å². The number of hydrogen-bond donors (Lipinski definition) is 2. The second-order valence-corrected chi connectivity index (χ2v) is 9.13. The molecule has 9 heteroatoms. The molecule has 0 radical (unpaired) electrons. The summed E-state index contributed by atoms with van der Waals surface area (Å²) in [5, 5.41) is 5.65. The summed E-state index contributed by atoms with van der Waals surface area (Å²) < 4.78 is 50.9. The number of amides is 1. The van der Waals surface area contributed by atoms with E-state index in [2.05, 4.69) is 10.6 Å². The highest BCUT2D eigenvalue weighted by molar-refractivity contribution is 7.91. The lowest BCUT2D eigenvalue weighted by molar-refractivity contribution is -0.120. The van der Waals surface area contributed by atoms with E-state index < -0.39 is 15.7 Å². The number of methoxy groups -OCH3 is 2. The average molecular weight is 473 g/mol. The lowest BCUT2D eigenvalue weighted by atomic mass is 10.1. The molecule has 0 saturated heterocycles. The summed E-state index contributed by atoms with van der Waals surface area (Å²) in [5.74, 6) is -0.482. The number of anilines is 1. The molecule has 0 bridgehead atoms. The van der Waals surface area contributed by atoms with Gasteiger partial charge in [0.05, 0.1) is 42.3 Å². The number of sulfone groups is 1. The highest BCUT2D eigenvalue weighted by Crippen LogP contribution is 2.34. The van der Waals surface area contributed by atoms with Crippen LogP contribution in [0.5, 0.6) is 11.5 Å². The minimum absolute atomic E-state index is 0.101. The van der Waals surface area contributed by atoms with Gasteiger partial charge in [-0.05, 0) is 42.8 Å². The van der Waals surface area contributed by atoms with Crippen LogP contribution in [0.2, 0.25) is 0 Å². The van der Waals surface area contributed by atoms with Crippen molar-refractivity contribution in [2.45, 2.75) is 22.8 Å². The van der Waals surface area contributed by atoms with Gasteiger partial charge in [-0.15, -0.1) is 0 Å². The molecule has 0 aliphatic heterocycles. The molecule has 0 saturated carbocycles. The topological polar surface area (TPSA) is 93.7 Å². The highest BCUT2D eigenvalue weighted by atomic mass is 32.2. The normalized spacial score (nSPS) is 12.0. The first kappa shape index (κ1) is 24.1. The standard InChI is InChI=1S/C24H25FN2O5S/c1-16(17-7-5-4-6-8-17)27-24(28)15-26-20-11-9-18(25)13-23(20)33(29,30)19-10-12-21(31-2)22(14-19)32-3/h4-14,16,26H,15H2,1-3H3,(H,27,28). The smallest absolute Gasteiger partial charge is 0.239 e. The van der Waals surface area contributed by atoms with Crippen molar-refractivity contribution in [1.29, 1.82) is 0 Å². The predicted molar refractivity (Wildman–Crippen MR) is 123 cm³/mol. The summed E-state index contributed by atoms with van der Waals surface area (Å²) in [6.07, 6.45) is 0. The monoisotopic (exact) mass is 472 g/mol. The van der Waals surface area contributed by atoms with Crippen molar-refractivity contribution >= 4 is 21.4 Å². The number of ether oxygens (including phenoxy) is 2. The van der Waals surface area contributed by atoms with E-state index in [0.717, 1.165) is 17.7 Å². The van der Waals surface area contributed by atoms with Crippen molar-refractivity contribution in [1.82, 2.24) is 5.32 Å². The number of nitrogens with one attached hydrogen (secondary N) is 2. The van der Waals surface area contributed by atoms with Gasteiger partial charge in [0.2, 0.25) is 15.7 Å². The maximum Gasteiger partial charge on any atom is 0.239 e. The highest BCUT2D eigenvalue weighted by Gasteiger charge is 2.24. The van der Waals surface area contributed by atoms with Crippen LogP contribution in [-0.4, -0.2) is 35.1 Å². The molecular formula is C24H25FN2O5S. The fraction of sp³-hybridized carbons (Fsp3) is 0.208. The molecule has 1 amide bonds. The van der Waals surface area contributed by atoms with Gasteiger partial charge in [-0.2, -0.15) is 0 Å². The van der Waals surface area contributed by atoms with Crippen molar-refractivity contribution in [3.63, 3.8) is 0 Å². The molecule has 0 aliphatic carbocycles. The van der Waals surface area contributed by atoms with Crippen molar-refractivity contribution in [3.8, 4) is 11.5 Å². The van der Waals surface area contributed by atoms with E-state index in [1.54, 1.807) is 0 Å². The number of hydrogen-bond acceptors (Lipinski definition) is 6. The third-order valence-corrected chi connectivity index (χ3v) is 6.81. The van der Waals surface area contributed by atoms with E-state index in [9.17, 15) is 17.6 Å². The number of rotatable bonds is 9. The van der Waals surface area contributed by atoms with Crippen molar-refractivity contribution in [2.24, 2.45) is 0 Å². The zero-order valence-corrected chi connectivity index (χ0v) is 19.3. The second kappa shape index (κ2) is 10.4. The predicted octanol–water partition coefficient (Wildman–Crippen LogP) is 3.97. The molecule has 0 heterocycles. The van der Waals surface area contributed by atoms with Crippen LogP contribution in [0, 0.1) is 5.82 Å². The summed E-state index contributed by atoms with van der Waals surface area (Å²) in [5.41, 5.74) is 1.04. The maximum absolute atomic E-state index is 14.0. The van der Waals surface area contributed by atoms with E-state index in [4.69, 9.17) is 9.47 Å². The number of carbonyl (C=O) groups excluding carboxylic acids is 1. The van der Waals surface area contributed by atoms with E-state index >= 15 is 0 Å². The van der Waals surface area contributed by atoms with Crippen LogP contribution >= 0.6 is 0 Å². The SMILES string of the molecule is COc1ccc(S(=O)(=O)c2cc(F)ccc2NCC(=O)NC(C)c2ccccc2)cc1OC. The molecule has 174 valence electrons. The lowest BCUT2D eigenvalue weighted by Gasteiger charge is -2.17. The molecule has 0 aliphatic rings. The third kappa shape index (κ3) is 5.61. The van der Waals surface area contributed by atoms with Gasteiger partial charge in [0.25, 0.3) is 0 Å². The summed E-state index contributed by atoms with van der Waals surface area (Å²) in [6, 6.07) is 16.6. The Balaban J connectivity index is 1.82. The molecule has 0 fully saturated rings. The van der Waals surface area contributed by atoms with Crippen LogP contribution in [-0.2, 0) is 14.6 Å². The Hall–Kier alpha value is -3.59. The van der Waals surface area contributed by atoms with Crippen LogP contribution in [0.1, 0.15) is 18.5 Å². The Labute approximate surface area is 192 Å². The first-order valence-corrected chi connectivity index (χ1v) is 11.6. The molecule has 3 rings (SSSR count). The third-order valence-electron chi connectivity index (χ3n) is 5.01. The second-order valence-electron chi connectivity index (χ2n) is 7.21. The van der Waals surface area contributed by atoms with E-state index in [1.165, 1.54) is 38.5 Å². The zero-order valence-electron chi connectivity index (χ0n) is 18.5. The number of halogens is 1. The number of carbonyl (C=O) groups is 1. The molecule has 0 aromatic heterocycles. The summed E-state index contributed by atoms with van der Waals surface area (Å²) in [7, 11) is -1.31. The molecule has 7 nitrogen and oxygen atoms in total. The van der Waals surface area contributed by atoms with Gasteiger partial charge in [0.1, 0.15) is 5.82 Å². The van der Waals surface area contributed by atoms with E-state index in [-0.39, 0.29) is 39.7 Å². The molecule has 3 aromatic rings. The first-order chi connectivity index (χ1) is 15.8. The zero-order chi connectivity index (χ0) is 24.0. The Kier molecular flexibility index (Phi) is 7.55. The van der Waals surface area contributed by atoms with Crippen molar-refractivity contribution < 1.29 is 27.1 Å². The molecule has 3 aromatic carbocycles. The first-order valence-electron chi connectivity index (χ1n) is 10.1. The fourth-order valence-electron chi connectivity index (χ4n) is 3.27. The quantitative estimate of drug-likeness (QED) is 0.490. The van der Waals surface area contributed by atoms with Crippen molar-refractivity contribution in [2.75, 3.05) is 26.1 Å². The maximum atomic E-state index is 14.0. The molecule has 1 atom stereocenters. The average Bonchev–Trinajstić information content (AvgIpc) is 2.83. The van der Waals surface area contributed by atoms with Gasteiger partial charge < -0.3 is 20.1 Å². The summed E-state index contributed by atoms with van der Waals surface area (Å²) in [6.45, 7) is 1.65. The van der Waals surface area contributed by atoms with E-state index in [0.29, 0.717) is 5.75 Å². The largest absolute Gasteiger partial charge is 0.493 e. The molecule has 33 heavy (non-hydrogen) atoms. The van der Waals surface area contributed by atoms with Gasteiger partial charge in [-0.25, -0.2) is 12.8 Å². The molecule has 0 spiro atoms. The van der Waals surface area contributed by atoms with E-state index in [1.807, 2.05) is 37.3 Å². The lowest BCUT2D eigenvalue weighted by Crippen LogP contribution is -2.32. The van der Waals surface area contributed by atoms with Gasteiger partial charge in [-0.3, -0.25) is 4.79 Å². The van der Waals surface area contributed by atoms with Gasteiger partial charge in [0.15, 0.2) is 11.5 Å². The van der Waals surface area contributed by atoms with Crippen LogP contribution in [0.25, 0.3) is 0 Å². The Morgan fingerprint density at radius 3 is 2.33 bits per heavy atom. The number of benzene rings is 3. The Bertz CT molecular complexity index is 1230. The minimum atomic E-state index is -4.13. The van der Waals surface area contributed by atoms with Crippen LogP contribution in [0.4, 0.5) is 10.1 Å².